The maximum atomic E-state index is 12.6. The van der Waals surface area contributed by atoms with E-state index in [1.165, 1.54) is 0 Å². The van der Waals surface area contributed by atoms with Crippen molar-refractivity contribution < 1.29 is 9.59 Å². The molecule has 2 aromatic rings. The molecule has 1 aliphatic heterocycles. The van der Waals surface area contributed by atoms with Crippen molar-refractivity contribution in [1.82, 2.24) is 5.32 Å². The number of carbonyl (C=O) groups is 2. The van der Waals surface area contributed by atoms with E-state index in [1.54, 1.807) is 12.1 Å². The third-order valence-electron chi connectivity index (χ3n) is 4.25. The number of hydrogen-bond acceptors (Lipinski definition) is 2. The number of amides is 1. The predicted molar refractivity (Wildman–Crippen MR) is 90.3 cm³/mol. The zero-order chi connectivity index (χ0) is 16.2. The first-order valence-electron chi connectivity index (χ1n) is 7.72. The molecule has 1 unspecified atom stereocenters. The molecule has 0 aromatic heterocycles. The normalized spacial score (nSPS) is 20.3. The summed E-state index contributed by atoms with van der Waals surface area (Å²) in [6.07, 6.45) is 0.968. The first-order chi connectivity index (χ1) is 11.1. The van der Waals surface area contributed by atoms with E-state index in [1.807, 2.05) is 42.5 Å². The van der Waals surface area contributed by atoms with E-state index in [-0.39, 0.29) is 24.0 Å². The summed E-state index contributed by atoms with van der Waals surface area (Å²) in [5, 5.41) is 3.44. The van der Waals surface area contributed by atoms with Gasteiger partial charge in [0.15, 0.2) is 0 Å². The molecule has 1 fully saturated rings. The Kier molecular flexibility index (Phi) is 4.77. The molecule has 0 saturated carbocycles. The molecule has 1 amide bonds. The lowest BCUT2D eigenvalue weighted by molar-refractivity contribution is -0.132. The molecule has 1 aliphatic rings. The van der Waals surface area contributed by atoms with Crippen LogP contribution in [0.25, 0.3) is 0 Å². The Morgan fingerprint density at radius 3 is 2.57 bits per heavy atom. The zero-order valence-electron chi connectivity index (χ0n) is 12.7. The van der Waals surface area contributed by atoms with E-state index in [0.29, 0.717) is 11.6 Å². The highest BCUT2D eigenvalue weighted by Gasteiger charge is 2.39. The van der Waals surface area contributed by atoms with Crippen LogP contribution in [-0.4, -0.2) is 18.2 Å². The highest BCUT2D eigenvalue weighted by molar-refractivity contribution is 6.30. The average Bonchev–Trinajstić information content (AvgIpc) is 2.89. The van der Waals surface area contributed by atoms with Crippen LogP contribution in [-0.2, 0) is 22.4 Å². The number of benzene rings is 2. The minimum absolute atomic E-state index is 0.0107. The Morgan fingerprint density at radius 1 is 1.09 bits per heavy atom. The lowest BCUT2D eigenvalue weighted by Gasteiger charge is -2.16. The molecule has 3 rings (SSSR count). The molecule has 0 radical (unpaired) electrons. The summed E-state index contributed by atoms with van der Waals surface area (Å²) in [6, 6.07) is 17.2. The predicted octanol–water partition coefficient (Wildman–Crippen LogP) is 3.06. The van der Waals surface area contributed by atoms with Crippen molar-refractivity contribution in [2.24, 2.45) is 11.8 Å². The van der Waals surface area contributed by atoms with Crippen LogP contribution in [0.4, 0.5) is 0 Å². The Bertz CT molecular complexity index is 714. The van der Waals surface area contributed by atoms with E-state index in [9.17, 15) is 9.59 Å². The van der Waals surface area contributed by atoms with Gasteiger partial charge in [-0.25, -0.2) is 0 Å². The highest BCUT2D eigenvalue weighted by Crippen LogP contribution is 2.25. The van der Waals surface area contributed by atoms with Gasteiger partial charge in [-0.15, -0.1) is 0 Å². The number of nitrogens with one attached hydrogen (secondary N) is 1. The summed E-state index contributed by atoms with van der Waals surface area (Å²) >= 11 is 5.96. The average molecular weight is 328 g/mol. The van der Waals surface area contributed by atoms with Gasteiger partial charge in [-0.1, -0.05) is 54.1 Å². The second kappa shape index (κ2) is 6.97. The Labute approximate surface area is 140 Å². The SMILES string of the molecule is O=C(Cc1cccc(Cl)c1)[C@@H]1C(=O)NCC1Cc1ccccc1. The fourth-order valence-electron chi connectivity index (χ4n) is 3.15. The molecule has 3 nitrogen and oxygen atoms in total. The van der Waals surface area contributed by atoms with Gasteiger partial charge < -0.3 is 5.32 Å². The highest BCUT2D eigenvalue weighted by atomic mass is 35.5. The van der Waals surface area contributed by atoms with E-state index in [0.717, 1.165) is 17.5 Å². The summed E-state index contributed by atoms with van der Waals surface area (Å²) in [5.41, 5.74) is 2.00. The summed E-state index contributed by atoms with van der Waals surface area (Å²) in [5.74, 6) is -0.757. The quantitative estimate of drug-likeness (QED) is 0.858. The molecule has 1 N–H and O–H groups in total. The monoisotopic (exact) mass is 327 g/mol. The fourth-order valence-corrected chi connectivity index (χ4v) is 3.36. The maximum Gasteiger partial charge on any atom is 0.230 e. The fraction of sp³-hybridized carbons (Fsp3) is 0.263. The van der Waals surface area contributed by atoms with Crippen LogP contribution in [0.2, 0.25) is 5.02 Å². The molecule has 118 valence electrons. The zero-order valence-corrected chi connectivity index (χ0v) is 13.4. The maximum absolute atomic E-state index is 12.6. The van der Waals surface area contributed by atoms with Gasteiger partial charge in [0, 0.05) is 18.0 Å². The van der Waals surface area contributed by atoms with Crippen molar-refractivity contribution in [2.45, 2.75) is 12.8 Å². The number of rotatable bonds is 5. The summed E-state index contributed by atoms with van der Waals surface area (Å²) in [7, 11) is 0. The van der Waals surface area contributed by atoms with Gasteiger partial charge >= 0.3 is 0 Å². The van der Waals surface area contributed by atoms with Gasteiger partial charge in [0.2, 0.25) is 5.91 Å². The van der Waals surface area contributed by atoms with Crippen LogP contribution in [0.5, 0.6) is 0 Å². The number of hydrogen-bond donors (Lipinski definition) is 1. The van der Waals surface area contributed by atoms with Crippen LogP contribution in [0, 0.1) is 11.8 Å². The molecule has 2 aromatic carbocycles. The van der Waals surface area contributed by atoms with Gasteiger partial charge in [0.1, 0.15) is 11.7 Å². The number of halogens is 1. The van der Waals surface area contributed by atoms with Crippen molar-refractivity contribution in [3.05, 3.63) is 70.7 Å². The van der Waals surface area contributed by atoms with Crippen LogP contribution in [0.3, 0.4) is 0 Å². The second-order valence-electron chi connectivity index (χ2n) is 5.95. The van der Waals surface area contributed by atoms with Crippen LogP contribution < -0.4 is 5.32 Å². The lowest BCUT2D eigenvalue weighted by Crippen LogP contribution is -2.29. The molecule has 1 saturated heterocycles. The van der Waals surface area contributed by atoms with Gasteiger partial charge in [0.05, 0.1) is 0 Å². The van der Waals surface area contributed by atoms with Crippen molar-refractivity contribution in [1.29, 1.82) is 0 Å². The third-order valence-corrected chi connectivity index (χ3v) is 4.48. The van der Waals surface area contributed by atoms with E-state index in [2.05, 4.69) is 5.32 Å². The summed E-state index contributed by atoms with van der Waals surface area (Å²) in [4.78, 5) is 24.7. The standard InChI is InChI=1S/C19H18ClNO2/c20-16-8-4-7-14(10-16)11-17(22)18-15(12-21-19(18)23)9-13-5-2-1-3-6-13/h1-8,10,15,18H,9,11-12H2,(H,21,23)/t15?,18-/m1/s1. The van der Waals surface area contributed by atoms with Crippen LogP contribution in [0.1, 0.15) is 11.1 Å². The van der Waals surface area contributed by atoms with Crippen molar-refractivity contribution in [3.63, 3.8) is 0 Å². The molecule has 2 atom stereocenters. The molecule has 0 aliphatic carbocycles. The number of carbonyl (C=O) groups excluding carboxylic acids is 2. The number of Topliss-reactive ketones (excluding diaryl/α,β-unsaturated/α-hetero) is 1. The molecule has 0 bridgehead atoms. The van der Waals surface area contributed by atoms with E-state index < -0.39 is 5.92 Å². The largest absolute Gasteiger partial charge is 0.355 e. The lowest BCUT2D eigenvalue weighted by atomic mass is 9.84. The molecular formula is C19H18ClNO2. The molecule has 23 heavy (non-hydrogen) atoms. The smallest absolute Gasteiger partial charge is 0.230 e. The molecule has 1 heterocycles. The molecule has 4 heteroatoms. The minimum atomic E-state index is -0.575. The van der Waals surface area contributed by atoms with E-state index in [4.69, 9.17) is 11.6 Å². The first kappa shape index (κ1) is 15.8. The van der Waals surface area contributed by atoms with Crippen molar-refractivity contribution in [3.8, 4) is 0 Å². The first-order valence-corrected chi connectivity index (χ1v) is 8.10. The van der Waals surface area contributed by atoms with Crippen LogP contribution >= 0.6 is 11.6 Å². The van der Waals surface area contributed by atoms with E-state index >= 15 is 0 Å². The minimum Gasteiger partial charge on any atom is -0.355 e. The molecule has 0 spiro atoms. The Hall–Kier alpha value is -2.13. The molecular weight excluding hydrogens is 310 g/mol. The topological polar surface area (TPSA) is 46.2 Å². The van der Waals surface area contributed by atoms with Gasteiger partial charge in [0.25, 0.3) is 0 Å². The van der Waals surface area contributed by atoms with Crippen LogP contribution in [0.15, 0.2) is 54.6 Å². The summed E-state index contributed by atoms with van der Waals surface area (Å²) < 4.78 is 0. The number of ketones is 1. The van der Waals surface area contributed by atoms with Crippen molar-refractivity contribution in [2.75, 3.05) is 6.54 Å². The van der Waals surface area contributed by atoms with Gasteiger partial charge in [-0.3, -0.25) is 9.59 Å². The second-order valence-corrected chi connectivity index (χ2v) is 6.38. The Balaban J connectivity index is 1.73. The summed E-state index contributed by atoms with van der Waals surface area (Å²) in [6.45, 7) is 0.555. The van der Waals surface area contributed by atoms with Gasteiger partial charge in [-0.05, 0) is 35.6 Å². The Morgan fingerprint density at radius 2 is 1.83 bits per heavy atom. The van der Waals surface area contributed by atoms with Gasteiger partial charge in [-0.2, -0.15) is 0 Å². The third kappa shape index (κ3) is 3.80. The van der Waals surface area contributed by atoms with Crippen molar-refractivity contribution >= 4 is 23.3 Å².